The number of nitrogens with one attached hydrogen (secondary N) is 1. The Morgan fingerprint density at radius 3 is 2.17 bits per heavy atom. The lowest BCUT2D eigenvalue weighted by Gasteiger charge is -1.93. The maximum Gasteiger partial charge on any atom is 0.0777 e. The van der Waals surface area contributed by atoms with Gasteiger partial charge in [0.25, 0.3) is 0 Å². The van der Waals surface area contributed by atoms with Crippen molar-refractivity contribution in [3.63, 3.8) is 0 Å². The van der Waals surface area contributed by atoms with Crippen molar-refractivity contribution in [2.45, 2.75) is 13.0 Å². The van der Waals surface area contributed by atoms with Crippen molar-refractivity contribution in [2.75, 3.05) is 6.54 Å². The van der Waals surface area contributed by atoms with Crippen LogP contribution in [-0.2, 0) is 0 Å². The Bertz CT molecular complexity index is 232. The quantitative estimate of drug-likeness (QED) is 0.582. The molecule has 0 saturated carbocycles. The number of isothiocyanates is 3. The minimum absolute atomic E-state index is 0.0814. The Morgan fingerprint density at radius 2 is 1.83 bits per heavy atom. The summed E-state index contributed by atoms with van der Waals surface area (Å²) in [5.41, 5.74) is 0. The van der Waals surface area contributed by atoms with Crippen LogP contribution in [0, 0.1) is 5.41 Å². The van der Waals surface area contributed by atoms with Crippen LogP contribution in [0.4, 0.5) is 0 Å². The van der Waals surface area contributed by atoms with E-state index in [0.29, 0.717) is 6.54 Å². The summed E-state index contributed by atoms with van der Waals surface area (Å²) in [6.45, 7) is 2.43. The SMILES string of the molecule is CC(CN=C=S)N=C=S.N=C=S. The first-order valence-corrected chi connectivity index (χ1v) is 4.09. The molecule has 12 heavy (non-hydrogen) atoms. The van der Waals surface area contributed by atoms with Gasteiger partial charge < -0.3 is 0 Å². The van der Waals surface area contributed by atoms with E-state index in [2.05, 4.69) is 57.0 Å². The number of hydrogen-bond donors (Lipinski definition) is 1. The zero-order chi connectivity index (χ0) is 9.82. The number of nitrogens with zero attached hydrogens (tertiary/aromatic N) is 2. The molecule has 0 saturated heterocycles. The molecule has 0 aliphatic rings. The van der Waals surface area contributed by atoms with Crippen molar-refractivity contribution in [2.24, 2.45) is 9.98 Å². The predicted molar refractivity (Wildman–Crippen MR) is 59.7 cm³/mol. The fraction of sp³-hybridized carbons (Fsp3) is 0.500. The van der Waals surface area contributed by atoms with Gasteiger partial charge >= 0.3 is 0 Å². The molecule has 1 atom stereocenters. The summed E-state index contributed by atoms with van der Waals surface area (Å²) in [5, 5.41) is 11.9. The van der Waals surface area contributed by atoms with Crippen LogP contribution in [0.15, 0.2) is 9.98 Å². The van der Waals surface area contributed by atoms with E-state index < -0.39 is 0 Å². The summed E-state index contributed by atoms with van der Waals surface area (Å²) in [4.78, 5) is 7.42. The van der Waals surface area contributed by atoms with E-state index in [1.807, 2.05) is 6.92 Å². The zero-order valence-electron chi connectivity index (χ0n) is 6.40. The molecule has 0 heterocycles. The average Bonchev–Trinajstić information content (AvgIpc) is 2.03. The van der Waals surface area contributed by atoms with Crippen molar-refractivity contribution >= 4 is 52.1 Å². The first-order valence-electron chi connectivity index (χ1n) is 2.87. The fourth-order valence-corrected chi connectivity index (χ4v) is 0.555. The first kappa shape index (κ1) is 14.0. The number of hydrogen-bond acceptors (Lipinski definition) is 6. The van der Waals surface area contributed by atoms with Gasteiger partial charge in [-0.05, 0) is 43.6 Å². The van der Waals surface area contributed by atoms with E-state index in [1.54, 1.807) is 5.16 Å². The summed E-state index contributed by atoms with van der Waals surface area (Å²) in [6, 6.07) is 0.0814. The predicted octanol–water partition coefficient (Wildman–Crippen LogP) is 2.25. The van der Waals surface area contributed by atoms with Gasteiger partial charge in [0.1, 0.15) is 0 Å². The molecular formula is C6H7N3S3. The lowest BCUT2D eigenvalue weighted by molar-refractivity contribution is 0.765. The molecule has 1 N–H and O–H groups in total. The third-order valence-electron chi connectivity index (χ3n) is 0.693. The molecule has 0 bridgehead atoms. The molecule has 6 heteroatoms. The summed E-state index contributed by atoms with van der Waals surface area (Å²) in [7, 11) is 0. The summed E-state index contributed by atoms with van der Waals surface area (Å²) < 4.78 is 0. The molecule has 0 aromatic carbocycles. The van der Waals surface area contributed by atoms with Crippen molar-refractivity contribution in [3.05, 3.63) is 0 Å². The second kappa shape index (κ2) is 13.0. The molecule has 0 radical (unpaired) electrons. The number of rotatable bonds is 3. The van der Waals surface area contributed by atoms with Crippen LogP contribution in [0.3, 0.4) is 0 Å². The first-order chi connectivity index (χ1) is 5.72. The van der Waals surface area contributed by atoms with E-state index in [-0.39, 0.29) is 6.04 Å². The Morgan fingerprint density at radius 1 is 1.33 bits per heavy atom. The normalized spacial score (nSPS) is 8.75. The van der Waals surface area contributed by atoms with Gasteiger partial charge in [-0.1, -0.05) is 0 Å². The van der Waals surface area contributed by atoms with Crippen LogP contribution < -0.4 is 0 Å². The highest BCUT2D eigenvalue weighted by Crippen LogP contribution is 1.86. The Kier molecular flexibility index (Phi) is 15.1. The molecular weight excluding hydrogens is 210 g/mol. The second-order valence-electron chi connectivity index (χ2n) is 1.60. The zero-order valence-corrected chi connectivity index (χ0v) is 8.85. The molecule has 1 unspecified atom stereocenters. The van der Waals surface area contributed by atoms with Crippen LogP contribution in [0.5, 0.6) is 0 Å². The van der Waals surface area contributed by atoms with Gasteiger partial charge in [-0.2, -0.15) is 0 Å². The molecule has 0 aliphatic carbocycles. The molecule has 0 rings (SSSR count). The smallest absolute Gasteiger partial charge is 0.0777 e. The van der Waals surface area contributed by atoms with Gasteiger partial charge in [-0.25, -0.2) is 15.4 Å². The average molecular weight is 217 g/mol. The molecule has 0 aliphatic heterocycles. The highest BCUT2D eigenvalue weighted by Gasteiger charge is 1.91. The van der Waals surface area contributed by atoms with E-state index in [4.69, 9.17) is 5.41 Å². The summed E-state index contributed by atoms with van der Waals surface area (Å²) in [6.07, 6.45) is 0. The standard InChI is InChI=1S/C5H6N2S2.CHNS/c1-5(7-4-9)2-6-3-8;2-1-3/h5H,2H2,1H3;2H. The molecule has 0 spiro atoms. The number of aliphatic imine (C=N–C) groups is 2. The molecule has 0 amide bonds. The Balaban J connectivity index is 0. The molecule has 0 aromatic heterocycles. The minimum Gasteiger partial charge on any atom is -0.248 e. The van der Waals surface area contributed by atoms with Gasteiger partial charge in [0, 0.05) is 0 Å². The van der Waals surface area contributed by atoms with Crippen LogP contribution in [-0.4, -0.2) is 28.1 Å². The summed E-state index contributed by atoms with van der Waals surface area (Å²) in [5.74, 6) is 0. The second-order valence-corrected chi connectivity index (χ2v) is 2.17. The largest absolute Gasteiger partial charge is 0.248 e. The molecule has 0 fully saturated rings. The highest BCUT2D eigenvalue weighted by atomic mass is 32.1. The van der Waals surface area contributed by atoms with E-state index in [0.717, 1.165) is 0 Å². The minimum atomic E-state index is 0.0814. The van der Waals surface area contributed by atoms with Gasteiger partial charge in [0.2, 0.25) is 0 Å². The van der Waals surface area contributed by atoms with Gasteiger partial charge in [-0.15, -0.1) is 0 Å². The lowest BCUT2D eigenvalue weighted by atomic mass is 10.4. The topological polar surface area (TPSA) is 48.6 Å². The third kappa shape index (κ3) is 16.2. The third-order valence-corrected chi connectivity index (χ3v) is 0.928. The van der Waals surface area contributed by atoms with Gasteiger partial charge in [0.15, 0.2) is 0 Å². The Labute approximate surface area is 87.1 Å². The van der Waals surface area contributed by atoms with Gasteiger partial charge in [-0.3, -0.25) is 0 Å². The van der Waals surface area contributed by atoms with Crippen molar-refractivity contribution in [1.29, 1.82) is 5.41 Å². The lowest BCUT2D eigenvalue weighted by Crippen LogP contribution is -2.00. The summed E-state index contributed by atoms with van der Waals surface area (Å²) >= 11 is 12.5. The monoisotopic (exact) mass is 217 g/mol. The van der Waals surface area contributed by atoms with Crippen molar-refractivity contribution in [1.82, 2.24) is 0 Å². The van der Waals surface area contributed by atoms with Crippen LogP contribution in [0.25, 0.3) is 0 Å². The maximum absolute atomic E-state index is 5.77. The molecule has 64 valence electrons. The van der Waals surface area contributed by atoms with E-state index in [9.17, 15) is 0 Å². The fourth-order valence-electron chi connectivity index (χ4n) is 0.300. The number of thiocarbonyl (C=S) groups is 3. The van der Waals surface area contributed by atoms with Crippen LogP contribution in [0.2, 0.25) is 0 Å². The van der Waals surface area contributed by atoms with Crippen LogP contribution in [0.1, 0.15) is 6.92 Å². The van der Waals surface area contributed by atoms with Crippen LogP contribution >= 0.6 is 36.7 Å². The van der Waals surface area contributed by atoms with Crippen molar-refractivity contribution < 1.29 is 0 Å². The highest BCUT2D eigenvalue weighted by molar-refractivity contribution is 7.78. The van der Waals surface area contributed by atoms with E-state index in [1.165, 1.54) is 0 Å². The van der Waals surface area contributed by atoms with Gasteiger partial charge in [0.05, 0.1) is 28.1 Å². The molecule has 0 aromatic rings. The van der Waals surface area contributed by atoms with Crippen molar-refractivity contribution in [3.8, 4) is 0 Å². The Hall–Kier alpha value is -0.600. The van der Waals surface area contributed by atoms with E-state index >= 15 is 0 Å². The maximum atomic E-state index is 5.77. The molecule has 3 nitrogen and oxygen atoms in total.